The highest BCUT2D eigenvalue weighted by Gasteiger charge is 2.30. The fourth-order valence-corrected chi connectivity index (χ4v) is 2.03. The van der Waals surface area contributed by atoms with Crippen molar-refractivity contribution < 1.29 is 9.90 Å². The zero-order chi connectivity index (χ0) is 10.9. The lowest BCUT2D eigenvalue weighted by Crippen LogP contribution is -2.34. The predicted octanol–water partition coefficient (Wildman–Crippen LogP) is 2.65. The van der Waals surface area contributed by atoms with E-state index in [9.17, 15) is 9.90 Å². The topological polar surface area (TPSA) is 37.3 Å². The molecule has 1 aromatic heterocycles. The summed E-state index contributed by atoms with van der Waals surface area (Å²) in [6.45, 7) is 7.47. The normalized spacial score (nSPS) is 14.1. The van der Waals surface area contributed by atoms with E-state index in [-0.39, 0.29) is 5.78 Å². The van der Waals surface area contributed by atoms with Crippen molar-refractivity contribution >= 4 is 17.1 Å². The molecule has 0 aliphatic carbocycles. The number of hydrogen-bond donors (Lipinski definition) is 1. The van der Waals surface area contributed by atoms with E-state index in [1.54, 1.807) is 0 Å². The van der Waals surface area contributed by atoms with Crippen molar-refractivity contribution in [3.05, 3.63) is 21.9 Å². The van der Waals surface area contributed by atoms with Gasteiger partial charge >= 0.3 is 0 Å². The zero-order valence-electron chi connectivity index (χ0n) is 9.00. The molecular weight excluding hydrogens is 196 g/mol. The number of hydrogen-bond acceptors (Lipinski definition) is 3. The summed E-state index contributed by atoms with van der Waals surface area (Å²) in [7, 11) is 0. The second kappa shape index (κ2) is 3.83. The lowest BCUT2D eigenvalue weighted by molar-refractivity contribution is 0.0446. The average Bonchev–Trinajstić information content (AvgIpc) is 2.47. The van der Waals surface area contributed by atoms with Gasteiger partial charge < -0.3 is 5.11 Å². The highest BCUT2D eigenvalue weighted by Crippen LogP contribution is 2.26. The molecule has 0 amide bonds. The van der Waals surface area contributed by atoms with Crippen LogP contribution in [-0.4, -0.2) is 17.0 Å². The Bertz CT molecular complexity index is 333. The fraction of sp³-hybridized carbons (Fsp3) is 0.545. The molecule has 0 aliphatic heterocycles. The molecule has 1 atom stereocenters. The van der Waals surface area contributed by atoms with Gasteiger partial charge in [0.1, 0.15) is 6.10 Å². The largest absolute Gasteiger partial charge is 0.384 e. The van der Waals surface area contributed by atoms with E-state index in [4.69, 9.17) is 0 Å². The van der Waals surface area contributed by atoms with Crippen LogP contribution in [0.3, 0.4) is 0 Å². The monoisotopic (exact) mass is 212 g/mol. The number of thiophene rings is 1. The van der Waals surface area contributed by atoms with Crippen molar-refractivity contribution in [1.29, 1.82) is 0 Å². The standard InChI is InChI=1S/C11H16O2S/c1-7-5-6-14-9(7)8(12)10(13)11(2,3)4/h5-6,10,13H,1-4H3. The molecule has 3 heteroatoms. The van der Waals surface area contributed by atoms with Crippen LogP contribution in [0.5, 0.6) is 0 Å². The average molecular weight is 212 g/mol. The summed E-state index contributed by atoms with van der Waals surface area (Å²) in [6.07, 6.45) is -0.917. The van der Waals surface area contributed by atoms with E-state index < -0.39 is 11.5 Å². The van der Waals surface area contributed by atoms with Gasteiger partial charge in [0.25, 0.3) is 0 Å². The molecule has 78 valence electrons. The van der Waals surface area contributed by atoms with Gasteiger partial charge in [-0.2, -0.15) is 0 Å². The highest BCUT2D eigenvalue weighted by atomic mass is 32.1. The van der Waals surface area contributed by atoms with E-state index >= 15 is 0 Å². The molecule has 1 aromatic rings. The summed E-state index contributed by atoms with van der Waals surface area (Å²) >= 11 is 1.39. The van der Waals surface area contributed by atoms with Crippen LogP contribution in [0.15, 0.2) is 11.4 Å². The number of ketones is 1. The lowest BCUT2D eigenvalue weighted by Gasteiger charge is -2.24. The first-order valence-corrected chi connectivity index (χ1v) is 5.48. The summed E-state index contributed by atoms with van der Waals surface area (Å²) in [4.78, 5) is 12.5. The van der Waals surface area contributed by atoms with Gasteiger partial charge in [0.05, 0.1) is 4.88 Å². The number of aliphatic hydroxyl groups is 1. The van der Waals surface area contributed by atoms with Crippen molar-refractivity contribution in [3.63, 3.8) is 0 Å². The van der Waals surface area contributed by atoms with Crippen molar-refractivity contribution in [2.75, 3.05) is 0 Å². The first kappa shape index (κ1) is 11.4. The Hall–Kier alpha value is -0.670. The van der Waals surface area contributed by atoms with Crippen LogP contribution >= 0.6 is 11.3 Å². The smallest absolute Gasteiger partial charge is 0.201 e. The van der Waals surface area contributed by atoms with Gasteiger partial charge in [-0.15, -0.1) is 11.3 Å². The molecule has 0 aliphatic rings. The fourth-order valence-electron chi connectivity index (χ4n) is 1.14. The Morgan fingerprint density at radius 2 is 2.07 bits per heavy atom. The SMILES string of the molecule is Cc1ccsc1C(=O)C(O)C(C)(C)C. The Labute approximate surface area is 88.6 Å². The number of Topliss-reactive ketones (excluding diaryl/α,β-unsaturated/α-hetero) is 1. The third-order valence-corrected chi connectivity index (χ3v) is 3.19. The van der Waals surface area contributed by atoms with E-state index in [1.165, 1.54) is 11.3 Å². The minimum absolute atomic E-state index is 0.162. The first-order valence-electron chi connectivity index (χ1n) is 4.60. The summed E-state index contributed by atoms with van der Waals surface area (Å²) < 4.78 is 0. The van der Waals surface area contributed by atoms with E-state index in [1.807, 2.05) is 39.1 Å². The maximum Gasteiger partial charge on any atom is 0.201 e. The molecule has 0 saturated carbocycles. The molecule has 1 rings (SSSR count). The molecule has 0 aromatic carbocycles. The third kappa shape index (κ3) is 2.22. The molecule has 1 heterocycles. The van der Waals surface area contributed by atoms with Crippen LogP contribution < -0.4 is 0 Å². The predicted molar refractivity (Wildman–Crippen MR) is 58.8 cm³/mol. The molecule has 14 heavy (non-hydrogen) atoms. The van der Waals surface area contributed by atoms with Crippen molar-refractivity contribution in [1.82, 2.24) is 0 Å². The lowest BCUT2D eigenvalue weighted by atomic mass is 9.86. The van der Waals surface area contributed by atoms with E-state index in [0.717, 1.165) is 5.56 Å². The zero-order valence-corrected chi connectivity index (χ0v) is 9.81. The maximum atomic E-state index is 11.8. The van der Waals surface area contributed by atoms with E-state index in [0.29, 0.717) is 4.88 Å². The molecule has 1 unspecified atom stereocenters. The van der Waals surface area contributed by atoms with Crippen LogP contribution in [0.4, 0.5) is 0 Å². The minimum Gasteiger partial charge on any atom is -0.384 e. The Morgan fingerprint density at radius 3 is 2.43 bits per heavy atom. The number of rotatable bonds is 2. The molecule has 2 nitrogen and oxygen atoms in total. The molecule has 0 spiro atoms. The van der Waals surface area contributed by atoms with Gasteiger partial charge in [-0.05, 0) is 29.3 Å². The highest BCUT2D eigenvalue weighted by molar-refractivity contribution is 7.12. The molecule has 0 bridgehead atoms. The van der Waals surface area contributed by atoms with Gasteiger partial charge in [0, 0.05) is 0 Å². The van der Waals surface area contributed by atoms with Crippen LogP contribution in [0, 0.1) is 12.3 Å². The van der Waals surface area contributed by atoms with Crippen LogP contribution in [0.25, 0.3) is 0 Å². The summed E-state index contributed by atoms with van der Waals surface area (Å²) in [6, 6.07) is 1.90. The molecule has 1 N–H and O–H groups in total. The molecular formula is C11H16O2S. The van der Waals surface area contributed by atoms with Crippen molar-refractivity contribution in [3.8, 4) is 0 Å². The first-order chi connectivity index (χ1) is 6.34. The van der Waals surface area contributed by atoms with Gasteiger partial charge in [-0.25, -0.2) is 0 Å². The number of aliphatic hydroxyl groups excluding tert-OH is 1. The van der Waals surface area contributed by atoms with Crippen LogP contribution in [0.1, 0.15) is 36.0 Å². The Morgan fingerprint density at radius 1 is 1.50 bits per heavy atom. The van der Waals surface area contributed by atoms with Crippen molar-refractivity contribution in [2.45, 2.75) is 33.8 Å². The van der Waals surface area contributed by atoms with Gasteiger partial charge in [0.15, 0.2) is 0 Å². The van der Waals surface area contributed by atoms with Gasteiger partial charge in [-0.3, -0.25) is 4.79 Å². The Kier molecular flexibility index (Phi) is 3.12. The number of carbonyl (C=O) groups is 1. The second-order valence-corrected chi connectivity index (χ2v) is 5.48. The summed E-state index contributed by atoms with van der Waals surface area (Å²) in [5.41, 5.74) is 0.552. The van der Waals surface area contributed by atoms with Crippen LogP contribution in [0.2, 0.25) is 0 Å². The van der Waals surface area contributed by atoms with Gasteiger partial charge in [0.2, 0.25) is 5.78 Å². The van der Waals surface area contributed by atoms with Gasteiger partial charge in [-0.1, -0.05) is 20.8 Å². The minimum atomic E-state index is -0.917. The second-order valence-electron chi connectivity index (χ2n) is 4.57. The van der Waals surface area contributed by atoms with E-state index in [2.05, 4.69) is 0 Å². The third-order valence-electron chi connectivity index (χ3n) is 2.15. The summed E-state index contributed by atoms with van der Waals surface area (Å²) in [5.74, 6) is -0.162. The number of carbonyl (C=O) groups excluding carboxylic acids is 1. The molecule has 0 fully saturated rings. The van der Waals surface area contributed by atoms with Crippen LogP contribution in [-0.2, 0) is 0 Å². The quantitative estimate of drug-likeness (QED) is 0.765. The van der Waals surface area contributed by atoms with Crippen molar-refractivity contribution in [2.24, 2.45) is 5.41 Å². The Balaban J connectivity index is 2.92. The number of aryl methyl sites for hydroxylation is 1. The summed E-state index contributed by atoms with van der Waals surface area (Å²) in [5, 5.41) is 11.7. The molecule has 0 saturated heterocycles. The molecule has 0 radical (unpaired) electrons. The maximum absolute atomic E-state index is 11.8.